The fourth-order valence-electron chi connectivity index (χ4n) is 3.88. The summed E-state index contributed by atoms with van der Waals surface area (Å²) in [5.74, 6) is 0.888. The molecule has 2 fully saturated rings. The molecule has 0 radical (unpaired) electrons. The molecule has 0 bridgehead atoms. The zero-order valence-electron chi connectivity index (χ0n) is 16.6. The average Bonchev–Trinajstić information content (AvgIpc) is 3.30. The van der Waals surface area contributed by atoms with Gasteiger partial charge in [-0.1, -0.05) is 12.8 Å². The monoisotopic (exact) mass is 489 g/mol. The molecular formula is C18H32IN7O. The number of amides is 1. The minimum Gasteiger partial charge on any atom is -0.355 e. The van der Waals surface area contributed by atoms with Crippen molar-refractivity contribution in [3.63, 3.8) is 0 Å². The number of aliphatic imine (C=N–C) groups is 1. The van der Waals surface area contributed by atoms with E-state index in [-0.39, 0.29) is 29.9 Å². The Morgan fingerprint density at radius 3 is 2.70 bits per heavy atom. The molecule has 2 heterocycles. The lowest BCUT2D eigenvalue weighted by atomic mass is 10.2. The Morgan fingerprint density at radius 1 is 1.37 bits per heavy atom. The van der Waals surface area contributed by atoms with E-state index in [2.05, 4.69) is 27.4 Å². The molecule has 27 heavy (non-hydrogen) atoms. The summed E-state index contributed by atoms with van der Waals surface area (Å²) in [6, 6.07) is 0.725. The van der Waals surface area contributed by atoms with E-state index in [1.807, 2.05) is 18.1 Å². The third-order valence-corrected chi connectivity index (χ3v) is 5.43. The third-order valence-electron chi connectivity index (χ3n) is 5.43. The van der Waals surface area contributed by atoms with Gasteiger partial charge in [-0.15, -0.1) is 24.0 Å². The van der Waals surface area contributed by atoms with E-state index in [9.17, 15) is 4.79 Å². The predicted molar refractivity (Wildman–Crippen MR) is 119 cm³/mol. The smallest absolute Gasteiger partial charge is 0.246 e. The third kappa shape index (κ3) is 5.56. The molecule has 3 rings (SSSR count). The number of carbonyl (C=O) groups is 1. The van der Waals surface area contributed by atoms with Crippen LogP contribution in [0.1, 0.15) is 25.7 Å². The van der Waals surface area contributed by atoms with Gasteiger partial charge in [0.1, 0.15) is 6.54 Å². The Hall–Kier alpha value is -1.36. The first kappa shape index (κ1) is 21.9. The lowest BCUT2D eigenvalue weighted by Crippen LogP contribution is -2.56. The number of halogens is 1. The Labute approximate surface area is 179 Å². The molecule has 1 aliphatic heterocycles. The molecule has 1 N–H and O–H groups in total. The maximum Gasteiger partial charge on any atom is 0.246 e. The van der Waals surface area contributed by atoms with Crippen molar-refractivity contribution in [1.82, 2.24) is 24.9 Å². The number of aryl methyl sites for hydroxylation is 1. The first-order chi connectivity index (χ1) is 12.6. The molecule has 0 unspecified atom stereocenters. The minimum absolute atomic E-state index is 0. The predicted octanol–water partition coefficient (Wildman–Crippen LogP) is 1.14. The summed E-state index contributed by atoms with van der Waals surface area (Å²) < 4.78 is 1.72. The van der Waals surface area contributed by atoms with Gasteiger partial charge < -0.3 is 20.0 Å². The van der Waals surface area contributed by atoms with E-state index in [0.717, 1.165) is 37.3 Å². The summed E-state index contributed by atoms with van der Waals surface area (Å²) in [5.41, 5.74) is 0.860. The molecule has 1 aromatic heterocycles. The van der Waals surface area contributed by atoms with Crippen molar-refractivity contribution in [2.75, 3.05) is 51.7 Å². The van der Waals surface area contributed by atoms with Gasteiger partial charge in [0.2, 0.25) is 5.91 Å². The first-order valence-electron chi connectivity index (χ1n) is 9.53. The van der Waals surface area contributed by atoms with Crippen LogP contribution in [0.3, 0.4) is 0 Å². The number of piperazine rings is 1. The highest BCUT2D eigenvalue weighted by atomic mass is 127. The highest BCUT2D eigenvalue weighted by Gasteiger charge is 2.27. The van der Waals surface area contributed by atoms with Gasteiger partial charge >= 0.3 is 0 Å². The number of aromatic nitrogens is 2. The van der Waals surface area contributed by atoms with Crippen molar-refractivity contribution in [3.05, 3.63) is 12.4 Å². The standard InChI is InChI=1S/C18H31N7O.HI/c1-19-18(20-8-9-22(2)15-6-4-5-7-15)24-10-11-25(17(26)14-24)16-12-21-23(3)13-16;/h12-13,15H,4-11,14H2,1-3H3,(H,19,20);1H. The summed E-state index contributed by atoms with van der Waals surface area (Å²) in [4.78, 5) is 23.2. The molecule has 0 atom stereocenters. The van der Waals surface area contributed by atoms with Crippen LogP contribution in [-0.4, -0.2) is 84.3 Å². The molecule has 0 spiro atoms. The largest absolute Gasteiger partial charge is 0.355 e. The van der Waals surface area contributed by atoms with Gasteiger partial charge in [-0.2, -0.15) is 5.10 Å². The van der Waals surface area contributed by atoms with E-state index in [1.54, 1.807) is 22.8 Å². The summed E-state index contributed by atoms with van der Waals surface area (Å²) in [5, 5.41) is 7.57. The van der Waals surface area contributed by atoms with Crippen molar-refractivity contribution in [1.29, 1.82) is 0 Å². The SMILES string of the molecule is CN=C(NCCN(C)C1CCCC1)N1CCN(c2cnn(C)c2)C(=O)C1.I. The van der Waals surface area contributed by atoms with Crippen LogP contribution >= 0.6 is 24.0 Å². The fraction of sp³-hybridized carbons (Fsp3) is 0.722. The van der Waals surface area contributed by atoms with Crippen LogP contribution in [0.5, 0.6) is 0 Å². The molecule has 1 aliphatic carbocycles. The number of nitrogens with one attached hydrogen (secondary N) is 1. The summed E-state index contributed by atoms with van der Waals surface area (Å²) in [6.07, 6.45) is 8.95. The number of rotatable bonds is 5. The molecule has 1 amide bonds. The fourth-order valence-corrected chi connectivity index (χ4v) is 3.88. The van der Waals surface area contributed by atoms with Gasteiger partial charge in [-0.05, 0) is 19.9 Å². The van der Waals surface area contributed by atoms with Crippen molar-refractivity contribution in [2.24, 2.45) is 12.0 Å². The zero-order chi connectivity index (χ0) is 18.5. The number of guanidine groups is 1. The van der Waals surface area contributed by atoms with Gasteiger partial charge in [-0.25, -0.2) is 0 Å². The van der Waals surface area contributed by atoms with E-state index in [4.69, 9.17) is 0 Å². The van der Waals surface area contributed by atoms with Gasteiger partial charge in [0.05, 0.1) is 11.9 Å². The number of carbonyl (C=O) groups excluding carboxylic acids is 1. The number of nitrogens with zero attached hydrogens (tertiary/aromatic N) is 6. The van der Waals surface area contributed by atoms with E-state index in [1.165, 1.54) is 25.7 Å². The van der Waals surface area contributed by atoms with Crippen LogP contribution in [0, 0.1) is 0 Å². The van der Waals surface area contributed by atoms with Gasteiger partial charge in [0, 0.05) is 52.5 Å². The second-order valence-corrected chi connectivity index (χ2v) is 7.23. The number of hydrogen-bond donors (Lipinski definition) is 1. The number of likely N-dealkylation sites (N-methyl/N-ethyl adjacent to an activating group) is 1. The lowest BCUT2D eigenvalue weighted by Gasteiger charge is -2.35. The summed E-state index contributed by atoms with van der Waals surface area (Å²) >= 11 is 0. The molecule has 8 nitrogen and oxygen atoms in total. The maximum absolute atomic E-state index is 12.5. The highest BCUT2D eigenvalue weighted by Crippen LogP contribution is 2.21. The van der Waals surface area contributed by atoms with Crippen molar-refractivity contribution < 1.29 is 4.79 Å². The van der Waals surface area contributed by atoms with Crippen molar-refractivity contribution in [2.45, 2.75) is 31.7 Å². The summed E-state index contributed by atoms with van der Waals surface area (Å²) in [7, 11) is 5.84. The lowest BCUT2D eigenvalue weighted by molar-refractivity contribution is -0.120. The van der Waals surface area contributed by atoms with Crippen molar-refractivity contribution in [3.8, 4) is 0 Å². The zero-order valence-corrected chi connectivity index (χ0v) is 18.9. The second kappa shape index (κ2) is 10.3. The number of anilines is 1. The molecule has 9 heteroatoms. The maximum atomic E-state index is 12.5. The Kier molecular flexibility index (Phi) is 8.33. The van der Waals surface area contributed by atoms with Gasteiger partial charge in [0.15, 0.2) is 5.96 Å². The van der Waals surface area contributed by atoms with E-state index in [0.29, 0.717) is 13.1 Å². The van der Waals surface area contributed by atoms with Crippen LogP contribution in [0.4, 0.5) is 5.69 Å². The second-order valence-electron chi connectivity index (χ2n) is 7.23. The normalized spacial score (nSPS) is 19.0. The average molecular weight is 489 g/mol. The first-order valence-corrected chi connectivity index (χ1v) is 9.53. The van der Waals surface area contributed by atoms with Gasteiger partial charge in [-0.3, -0.25) is 14.5 Å². The van der Waals surface area contributed by atoms with Crippen LogP contribution in [0.2, 0.25) is 0 Å². The molecule has 1 aromatic rings. The molecular weight excluding hydrogens is 457 g/mol. The number of hydrogen-bond acceptors (Lipinski definition) is 4. The molecule has 1 saturated heterocycles. The Balaban J connectivity index is 0.00000261. The van der Waals surface area contributed by atoms with Gasteiger partial charge in [0.25, 0.3) is 0 Å². The van der Waals surface area contributed by atoms with Crippen LogP contribution in [-0.2, 0) is 11.8 Å². The molecule has 0 aromatic carbocycles. The molecule has 2 aliphatic rings. The van der Waals surface area contributed by atoms with E-state index >= 15 is 0 Å². The van der Waals surface area contributed by atoms with Crippen LogP contribution in [0.25, 0.3) is 0 Å². The van der Waals surface area contributed by atoms with Crippen LogP contribution < -0.4 is 10.2 Å². The van der Waals surface area contributed by atoms with E-state index < -0.39 is 0 Å². The Morgan fingerprint density at radius 2 is 2.11 bits per heavy atom. The van der Waals surface area contributed by atoms with Crippen LogP contribution in [0.15, 0.2) is 17.4 Å². The topological polar surface area (TPSA) is 69.0 Å². The van der Waals surface area contributed by atoms with Crippen molar-refractivity contribution >= 4 is 41.5 Å². The molecule has 152 valence electrons. The summed E-state index contributed by atoms with van der Waals surface area (Å²) in [6.45, 7) is 3.59. The Bertz CT molecular complexity index is 641. The highest BCUT2D eigenvalue weighted by molar-refractivity contribution is 14.0. The molecule has 1 saturated carbocycles. The minimum atomic E-state index is 0. The quantitative estimate of drug-likeness (QED) is 0.382.